The predicted octanol–water partition coefficient (Wildman–Crippen LogP) is 3.75. The van der Waals surface area contributed by atoms with E-state index in [0.717, 1.165) is 37.6 Å². The highest BCUT2D eigenvalue weighted by Gasteiger charge is 2.18. The van der Waals surface area contributed by atoms with Gasteiger partial charge in [0, 0.05) is 35.9 Å². The standard InChI is InChI=1S/C20H25F2N3O2/c1-13(25-16-5-4-6-16)9-18(22)17(21)7-8-24-19(26)14-10-15(12-23-11-14)20(2,3)27/h7-12,16,25,27H,4-6H2,1-3H3,(H,24,26)/b8-7+,13-9+,18-17-. The van der Waals surface area contributed by atoms with Crippen molar-refractivity contribution in [1.82, 2.24) is 15.6 Å². The molecule has 5 nitrogen and oxygen atoms in total. The van der Waals surface area contributed by atoms with Crippen LogP contribution in [0.2, 0.25) is 0 Å². The minimum absolute atomic E-state index is 0.199. The predicted molar refractivity (Wildman–Crippen MR) is 99.9 cm³/mol. The number of nitrogens with one attached hydrogen (secondary N) is 2. The number of pyridine rings is 1. The lowest BCUT2D eigenvalue weighted by atomic mass is 9.93. The molecular formula is C20H25F2N3O2. The van der Waals surface area contributed by atoms with Crippen molar-refractivity contribution in [2.45, 2.75) is 51.7 Å². The monoisotopic (exact) mass is 377 g/mol. The number of aromatic nitrogens is 1. The zero-order valence-electron chi connectivity index (χ0n) is 15.7. The number of halogens is 2. The summed E-state index contributed by atoms with van der Waals surface area (Å²) < 4.78 is 27.6. The molecule has 0 saturated heterocycles. The fraction of sp³-hybridized carbons (Fsp3) is 0.400. The summed E-state index contributed by atoms with van der Waals surface area (Å²) in [6.07, 6.45) is 8.96. The van der Waals surface area contributed by atoms with E-state index in [2.05, 4.69) is 15.6 Å². The Labute approximate surface area is 157 Å². The summed E-state index contributed by atoms with van der Waals surface area (Å²) in [5.41, 5.74) is 0.0779. The Morgan fingerprint density at radius 1 is 1.30 bits per heavy atom. The van der Waals surface area contributed by atoms with E-state index in [9.17, 15) is 18.7 Å². The lowest BCUT2D eigenvalue weighted by Crippen LogP contribution is -2.33. The number of hydrogen-bond donors (Lipinski definition) is 3. The molecule has 7 heteroatoms. The SMILES string of the molecule is C\C(=C/C(F)=C(F)\C=C\NC(=O)c1cncc(C(C)(C)O)c1)NC1CCC1. The first kappa shape index (κ1) is 20.8. The molecule has 1 heterocycles. The molecule has 1 aliphatic rings. The van der Waals surface area contributed by atoms with E-state index >= 15 is 0 Å². The lowest BCUT2D eigenvalue weighted by Gasteiger charge is -2.27. The molecule has 1 aromatic heterocycles. The molecule has 1 saturated carbocycles. The molecule has 0 aliphatic heterocycles. The van der Waals surface area contributed by atoms with Crippen LogP contribution in [-0.4, -0.2) is 22.0 Å². The van der Waals surface area contributed by atoms with Gasteiger partial charge >= 0.3 is 0 Å². The van der Waals surface area contributed by atoms with Crippen LogP contribution >= 0.6 is 0 Å². The third-order valence-electron chi connectivity index (χ3n) is 4.26. The van der Waals surface area contributed by atoms with Gasteiger partial charge in [0.05, 0.1) is 11.2 Å². The van der Waals surface area contributed by atoms with Crippen LogP contribution in [0.25, 0.3) is 0 Å². The lowest BCUT2D eigenvalue weighted by molar-refractivity contribution is 0.0780. The average molecular weight is 377 g/mol. The number of amides is 1. The van der Waals surface area contributed by atoms with E-state index in [0.29, 0.717) is 17.3 Å². The van der Waals surface area contributed by atoms with Crippen molar-refractivity contribution >= 4 is 5.91 Å². The number of aliphatic hydroxyl groups is 1. The normalized spacial score (nSPS) is 16.7. The van der Waals surface area contributed by atoms with Gasteiger partial charge in [-0.2, -0.15) is 0 Å². The maximum absolute atomic E-state index is 13.8. The van der Waals surface area contributed by atoms with Gasteiger partial charge in [0.15, 0.2) is 11.7 Å². The van der Waals surface area contributed by atoms with Gasteiger partial charge < -0.3 is 15.7 Å². The molecule has 3 N–H and O–H groups in total. The molecule has 0 spiro atoms. The Bertz CT molecular complexity index is 776. The smallest absolute Gasteiger partial charge is 0.256 e. The van der Waals surface area contributed by atoms with E-state index < -0.39 is 23.2 Å². The molecule has 1 aliphatic carbocycles. The van der Waals surface area contributed by atoms with E-state index in [1.807, 2.05) is 0 Å². The second kappa shape index (κ2) is 8.90. The fourth-order valence-electron chi connectivity index (χ4n) is 2.43. The van der Waals surface area contributed by atoms with Crippen molar-refractivity contribution in [1.29, 1.82) is 0 Å². The Hall–Kier alpha value is -2.54. The first-order chi connectivity index (χ1) is 12.7. The zero-order chi connectivity index (χ0) is 20.0. The molecule has 146 valence electrons. The van der Waals surface area contributed by atoms with Crippen molar-refractivity contribution in [2.75, 3.05) is 0 Å². The first-order valence-electron chi connectivity index (χ1n) is 8.82. The van der Waals surface area contributed by atoms with Crippen LogP contribution in [0.3, 0.4) is 0 Å². The minimum atomic E-state index is -1.14. The number of nitrogens with zero attached hydrogens (tertiary/aromatic N) is 1. The van der Waals surface area contributed by atoms with E-state index in [-0.39, 0.29) is 5.56 Å². The Kier molecular flexibility index (Phi) is 6.85. The second-order valence-electron chi connectivity index (χ2n) is 7.12. The minimum Gasteiger partial charge on any atom is -0.386 e. The summed E-state index contributed by atoms with van der Waals surface area (Å²) in [6, 6.07) is 1.82. The molecule has 1 aromatic rings. The zero-order valence-corrected chi connectivity index (χ0v) is 15.7. The third kappa shape index (κ3) is 6.29. The molecule has 0 aromatic carbocycles. The topological polar surface area (TPSA) is 74.2 Å². The van der Waals surface area contributed by atoms with Crippen molar-refractivity contribution in [3.05, 3.63) is 65.3 Å². The highest BCUT2D eigenvalue weighted by Crippen LogP contribution is 2.21. The summed E-state index contributed by atoms with van der Waals surface area (Å²) in [7, 11) is 0. The summed E-state index contributed by atoms with van der Waals surface area (Å²) in [5, 5.41) is 15.4. The summed E-state index contributed by atoms with van der Waals surface area (Å²) in [4.78, 5) is 16.0. The highest BCUT2D eigenvalue weighted by atomic mass is 19.2. The molecular weight excluding hydrogens is 352 g/mol. The van der Waals surface area contributed by atoms with Gasteiger partial charge in [0.25, 0.3) is 5.91 Å². The molecule has 27 heavy (non-hydrogen) atoms. The first-order valence-corrected chi connectivity index (χ1v) is 8.82. The van der Waals surface area contributed by atoms with Crippen molar-refractivity contribution in [3.63, 3.8) is 0 Å². The van der Waals surface area contributed by atoms with Crippen molar-refractivity contribution < 1.29 is 18.7 Å². The average Bonchev–Trinajstić information content (AvgIpc) is 2.57. The molecule has 1 amide bonds. The maximum atomic E-state index is 13.8. The van der Waals surface area contributed by atoms with Crippen molar-refractivity contribution in [3.8, 4) is 0 Å². The number of carbonyl (C=O) groups excluding carboxylic acids is 1. The van der Waals surface area contributed by atoms with Crippen LogP contribution in [0.1, 0.15) is 56.0 Å². The summed E-state index contributed by atoms with van der Waals surface area (Å²) in [6.45, 7) is 4.83. The van der Waals surface area contributed by atoms with Gasteiger partial charge in [-0.3, -0.25) is 9.78 Å². The summed E-state index contributed by atoms with van der Waals surface area (Å²) >= 11 is 0. The second-order valence-corrected chi connectivity index (χ2v) is 7.12. The van der Waals surface area contributed by atoms with Gasteiger partial charge in [0.1, 0.15) is 0 Å². The van der Waals surface area contributed by atoms with Crippen LogP contribution in [0.4, 0.5) is 8.78 Å². The van der Waals surface area contributed by atoms with Gasteiger partial charge in [-0.15, -0.1) is 0 Å². The largest absolute Gasteiger partial charge is 0.386 e. The number of hydrogen-bond acceptors (Lipinski definition) is 4. The van der Waals surface area contributed by atoms with Gasteiger partial charge in [-0.1, -0.05) is 0 Å². The van der Waals surface area contributed by atoms with E-state index in [1.54, 1.807) is 20.8 Å². The van der Waals surface area contributed by atoms with Crippen LogP contribution in [0.15, 0.2) is 54.2 Å². The summed E-state index contributed by atoms with van der Waals surface area (Å²) in [5.74, 6) is -2.65. The van der Waals surface area contributed by atoms with E-state index in [4.69, 9.17) is 0 Å². The van der Waals surface area contributed by atoms with Crippen LogP contribution in [0.5, 0.6) is 0 Å². The van der Waals surface area contributed by atoms with Gasteiger partial charge in [-0.05, 0) is 58.3 Å². The third-order valence-corrected chi connectivity index (χ3v) is 4.26. The van der Waals surface area contributed by atoms with Crippen molar-refractivity contribution in [2.24, 2.45) is 0 Å². The molecule has 1 fully saturated rings. The molecule has 0 bridgehead atoms. The van der Waals surface area contributed by atoms with Gasteiger partial charge in [0.2, 0.25) is 0 Å². The molecule has 2 rings (SSSR count). The number of allylic oxidation sites excluding steroid dienone is 5. The quantitative estimate of drug-likeness (QED) is 0.633. The molecule has 0 unspecified atom stereocenters. The molecule has 0 atom stereocenters. The number of rotatable bonds is 7. The van der Waals surface area contributed by atoms with E-state index in [1.165, 1.54) is 18.5 Å². The maximum Gasteiger partial charge on any atom is 0.256 e. The highest BCUT2D eigenvalue weighted by molar-refractivity contribution is 5.94. The Balaban J connectivity index is 1.97. The van der Waals surface area contributed by atoms with Gasteiger partial charge in [-0.25, -0.2) is 8.78 Å². The fourth-order valence-corrected chi connectivity index (χ4v) is 2.43. The van der Waals surface area contributed by atoms with Crippen LogP contribution in [0, 0.1) is 0 Å². The Morgan fingerprint density at radius 2 is 2.00 bits per heavy atom. The Morgan fingerprint density at radius 3 is 2.59 bits per heavy atom. The van der Waals surface area contributed by atoms with Crippen LogP contribution in [-0.2, 0) is 5.60 Å². The number of carbonyl (C=O) groups is 1. The molecule has 0 radical (unpaired) electrons. The van der Waals surface area contributed by atoms with Crippen LogP contribution < -0.4 is 10.6 Å².